The molecule has 2 aliphatic heterocycles. The first-order valence-corrected chi connectivity index (χ1v) is 8.31. The number of carbonyl (C=O) groups is 2. The molecular weight excluding hydrogens is 358 g/mol. The highest BCUT2D eigenvalue weighted by Gasteiger charge is 2.39. The summed E-state index contributed by atoms with van der Waals surface area (Å²) >= 11 is 0. The first kappa shape index (κ1) is 18.6. The molecule has 0 spiro atoms. The summed E-state index contributed by atoms with van der Waals surface area (Å²) in [4.78, 5) is 36.8. The molecule has 2 saturated heterocycles. The van der Waals surface area contributed by atoms with Gasteiger partial charge in [-0.2, -0.15) is 0 Å². The second-order valence-electron chi connectivity index (χ2n) is 6.44. The predicted molar refractivity (Wildman–Crippen MR) is 94.1 cm³/mol. The van der Waals surface area contributed by atoms with Crippen molar-refractivity contribution >= 4 is 29.0 Å². The Bertz CT molecular complexity index is 791. The number of benzene rings is 1. The van der Waals surface area contributed by atoms with Crippen molar-refractivity contribution in [1.82, 2.24) is 0 Å². The van der Waals surface area contributed by atoms with E-state index in [1.54, 1.807) is 12.1 Å². The Kier molecular flexibility index (Phi) is 5.00. The first-order valence-electron chi connectivity index (χ1n) is 8.31. The highest BCUT2D eigenvalue weighted by atomic mass is 16.7. The lowest BCUT2D eigenvalue weighted by Crippen LogP contribution is -2.42. The third-order valence-electron chi connectivity index (χ3n) is 4.04. The minimum atomic E-state index is -1.35. The Morgan fingerprint density at radius 2 is 1.81 bits per heavy atom. The zero-order chi connectivity index (χ0) is 19.6. The van der Waals surface area contributed by atoms with Gasteiger partial charge >= 0.3 is 11.9 Å². The van der Waals surface area contributed by atoms with E-state index in [0.29, 0.717) is 26.3 Å². The predicted octanol–water partition coefficient (Wildman–Crippen LogP) is 1.56. The largest absolute Gasteiger partial charge is 0.419 e. The summed E-state index contributed by atoms with van der Waals surface area (Å²) < 4.78 is 15.3. The zero-order valence-electron chi connectivity index (χ0n) is 14.9. The summed E-state index contributed by atoms with van der Waals surface area (Å²) in [6.07, 6.45) is 1.06. The van der Waals surface area contributed by atoms with Gasteiger partial charge in [0.05, 0.1) is 18.1 Å². The van der Waals surface area contributed by atoms with Crippen LogP contribution in [0, 0.1) is 10.1 Å². The van der Waals surface area contributed by atoms with E-state index in [0.717, 1.165) is 11.9 Å². The van der Waals surface area contributed by atoms with Gasteiger partial charge in [0, 0.05) is 44.9 Å². The van der Waals surface area contributed by atoms with Gasteiger partial charge in [-0.15, -0.1) is 0 Å². The molecule has 0 saturated carbocycles. The maximum absolute atomic E-state index is 12.0. The van der Waals surface area contributed by atoms with Crippen LogP contribution in [-0.4, -0.2) is 49.0 Å². The highest BCUT2D eigenvalue weighted by Crippen LogP contribution is 2.31. The van der Waals surface area contributed by atoms with Crippen LogP contribution in [0.2, 0.25) is 0 Å². The standard InChI is InChI=1S/C17H19N3O7/c1-17(2)26-15(21)12(16(22)27-17)10-18-13-9-11(3-4-14(13)20(23)24)19-5-7-25-8-6-19/h3-4,9-10,18H,5-8H2,1-2H3. The lowest BCUT2D eigenvalue weighted by atomic mass is 10.2. The molecule has 0 radical (unpaired) electrons. The van der Waals surface area contributed by atoms with Crippen LogP contribution in [-0.2, 0) is 23.8 Å². The summed E-state index contributed by atoms with van der Waals surface area (Å²) in [5, 5.41) is 14.0. The minimum Gasteiger partial charge on any atom is -0.419 e. The van der Waals surface area contributed by atoms with E-state index in [9.17, 15) is 19.7 Å². The van der Waals surface area contributed by atoms with Gasteiger partial charge in [0.25, 0.3) is 11.5 Å². The molecule has 1 N–H and O–H groups in total. The van der Waals surface area contributed by atoms with E-state index in [-0.39, 0.29) is 16.9 Å². The summed E-state index contributed by atoms with van der Waals surface area (Å²) in [7, 11) is 0. The molecule has 0 aliphatic carbocycles. The van der Waals surface area contributed by atoms with Crippen molar-refractivity contribution < 1.29 is 28.7 Å². The summed E-state index contributed by atoms with van der Waals surface area (Å²) in [5.41, 5.74) is 0.337. The number of rotatable bonds is 4. The Morgan fingerprint density at radius 1 is 1.19 bits per heavy atom. The Balaban J connectivity index is 1.87. The minimum absolute atomic E-state index is 0.141. The number of nitro groups is 1. The molecular formula is C17H19N3O7. The summed E-state index contributed by atoms with van der Waals surface area (Å²) in [6, 6.07) is 4.60. The molecule has 0 aromatic heterocycles. The van der Waals surface area contributed by atoms with E-state index in [1.807, 2.05) is 4.90 Å². The van der Waals surface area contributed by atoms with E-state index in [2.05, 4.69) is 5.32 Å². The fourth-order valence-corrected chi connectivity index (χ4v) is 2.75. The second kappa shape index (κ2) is 7.23. The average Bonchev–Trinajstić information content (AvgIpc) is 2.60. The molecule has 10 nitrogen and oxygen atoms in total. The maximum Gasteiger partial charge on any atom is 0.350 e. The number of cyclic esters (lactones) is 2. The monoisotopic (exact) mass is 377 g/mol. The topological polar surface area (TPSA) is 120 Å². The Morgan fingerprint density at radius 3 is 2.41 bits per heavy atom. The molecule has 3 rings (SSSR count). The quantitative estimate of drug-likeness (QED) is 0.274. The summed E-state index contributed by atoms with van der Waals surface area (Å²) in [6.45, 7) is 5.32. The van der Waals surface area contributed by atoms with Crippen LogP contribution in [0.5, 0.6) is 0 Å². The van der Waals surface area contributed by atoms with Gasteiger partial charge in [-0.3, -0.25) is 10.1 Å². The van der Waals surface area contributed by atoms with Crippen molar-refractivity contribution in [2.75, 3.05) is 36.5 Å². The normalized spacial score (nSPS) is 19.2. The first-order chi connectivity index (χ1) is 12.8. The molecule has 0 unspecified atom stereocenters. The van der Waals surface area contributed by atoms with Crippen LogP contribution >= 0.6 is 0 Å². The van der Waals surface area contributed by atoms with Gasteiger partial charge in [0.15, 0.2) is 5.57 Å². The average molecular weight is 377 g/mol. The van der Waals surface area contributed by atoms with Crippen LogP contribution in [0.4, 0.5) is 17.1 Å². The van der Waals surface area contributed by atoms with Crippen LogP contribution in [0.1, 0.15) is 13.8 Å². The molecule has 27 heavy (non-hydrogen) atoms. The summed E-state index contributed by atoms with van der Waals surface area (Å²) in [5.74, 6) is -3.08. The maximum atomic E-state index is 12.0. The third kappa shape index (κ3) is 4.17. The number of ether oxygens (including phenoxy) is 3. The van der Waals surface area contributed by atoms with Crippen molar-refractivity contribution in [3.05, 3.63) is 40.1 Å². The lowest BCUT2D eigenvalue weighted by Gasteiger charge is -2.30. The molecule has 10 heteroatoms. The van der Waals surface area contributed by atoms with E-state index < -0.39 is 22.6 Å². The van der Waals surface area contributed by atoms with Gasteiger partial charge < -0.3 is 24.4 Å². The number of hydrogen-bond acceptors (Lipinski definition) is 9. The molecule has 144 valence electrons. The Labute approximate surface area is 154 Å². The number of morpholine rings is 1. The van der Waals surface area contributed by atoms with Gasteiger partial charge in [0.1, 0.15) is 5.69 Å². The van der Waals surface area contributed by atoms with Crippen LogP contribution in [0.15, 0.2) is 30.0 Å². The van der Waals surface area contributed by atoms with Gasteiger partial charge in [-0.05, 0) is 12.1 Å². The van der Waals surface area contributed by atoms with Crippen molar-refractivity contribution in [1.29, 1.82) is 0 Å². The third-order valence-corrected chi connectivity index (χ3v) is 4.04. The number of hydrogen-bond donors (Lipinski definition) is 1. The molecule has 0 amide bonds. The fourth-order valence-electron chi connectivity index (χ4n) is 2.75. The SMILES string of the molecule is CC1(C)OC(=O)C(=CNc2cc(N3CCOCC3)ccc2[N+](=O)[O-])C(=O)O1. The molecule has 0 atom stereocenters. The van der Waals surface area contributed by atoms with Crippen molar-refractivity contribution in [3.8, 4) is 0 Å². The highest BCUT2D eigenvalue weighted by molar-refractivity contribution is 6.15. The molecule has 1 aromatic carbocycles. The van der Waals surface area contributed by atoms with Crippen LogP contribution in [0.25, 0.3) is 0 Å². The number of nitrogens with zero attached hydrogens (tertiary/aromatic N) is 2. The molecule has 2 heterocycles. The van der Waals surface area contributed by atoms with Crippen molar-refractivity contribution in [3.63, 3.8) is 0 Å². The van der Waals surface area contributed by atoms with Crippen LogP contribution in [0.3, 0.4) is 0 Å². The number of anilines is 2. The van der Waals surface area contributed by atoms with Crippen LogP contribution < -0.4 is 10.2 Å². The molecule has 2 fully saturated rings. The van der Waals surface area contributed by atoms with E-state index in [1.165, 1.54) is 19.9 Å². The van der Waals surface area contributed by atoms with Crippen molar-refractivity contribution in [2.45, 2.75) is 19.6 Å². The van der Waals surface area contributed by atoms with Gasteiger partial charge in [0.2, 0.25) is 0 Å². The lowest BCUT2D eigenvalue weighted by molar-refractivity contribution is -0.383. The second-order valence-corrected chi connectivity index (χ2v) is 6.44. The molecule has 2 aliphatic rings. The van der Waals surface area contributed by atoms with Gasteiger partial charge in [-0.25, -0.2) is 9.59 Å². The van der Waals surface area contributed by atoms with E-state index in [4.69, 9.17) is 14.2 Å². The van der Waals surface area contributed by atoms with Gasteiger partial charge in [-0.1, -0.05) is 0 Å². The zero-order valence-corrected chi connectivity index (χ0v) is 14.9. The Hall–Kier alpha value is -3.14. The number of carbonyl (C=O) groups excluding carboxylic acids is 2. The van der Waals surface area contributed by atoms with Crippen molar-refractivity contribution in [2.24, 2.45) is 0 Å². The fraction of sp³-hybridized carbons (Fsp3) is 0.412. The van der Waals surface area contributed by atoms with E-state index >= 15 is 0 Å². The molecule has 1 aromatic rings. The number of nitrogens with one attached hydrogen (secondary N) is 1. The smallest absolute Gasteiger partial charge is 0.350 e. The number of esters is 2. The molecule has 0 bridgehead atoms. The number of nitro benzene ring substituents is 1.